The van der Waals surface area contributed by atoms with Crippen LogP contribution in [-0.2, 0) is 11.3 Å². The molecule has 6 heteroatoms. The molecule has 2 aliphatic heterocycles. The summed E-state index contributed by atoms with van der Waals surface area (Å²) >= 11 is 0. The van der Waals surface area contributed by atoms with Crippen LogP contribution < -0.4 is 14.8 Å². The Bertz CT molecular complexity index is 561. The van der Waals surface area contributed by atoms with Crippen molar-refractivity contribution in [2.75, 3.05) is 26.9 Å². The molecule has 0 spiro atoms. The molecule has 1 N–H and O–H groups in total. The minimum absolute atomic E-state index is 0. The molecule has 1 atom stereocenters. The summed E-state index contributed by atoms with van der Waals surface area (Å²) in [5.74, 6) is 2.88. The van der Waals surface area contributed by atoms with E-state index in [9.17, 15) is 4.79 Å². The van der Waals surface area contributed by atoms with Crippen LogP contribution in [0, 0.1) is 11.8 Å². The van der Waals surface area contributed by atoms with E-state index in [0.717, 1.165) is 30.2 Å². The molecule has 2 aliphatic rings. The third kappa shape index (κ3) is 4.54. The molecule has 5 nitrogen and oxygen atoms in total. The van der Waals surface area contributed by atoms with Gasteiger partial charge in [0.2, 0.25) is 12.7 Å². The van der Waals surface area contributed by atoms with E-state index in [1.54, 1.807) is 0 Å². The summed E-state index contributed by atoms with van der Waals surface area (Å²) in [6.07, 6.45) is 2.99. The molecule has 1 aromatic rings. The van der Waals surface area contributed by atoms with Gasteiger partial charge >= 0.3 is 0 Å². The van der Waals surface area contributed by atoms with Crippen molar-refractivity contribution in [2.45, 2.75) is 32.7 Å². The molecule has 1 amide bonds. The number of carbonyl (C=O) groups is 1. The summed E-state index contributed by atoms with van der Waals surface area (Å²) < 4.78 is 10.7. The number of rotatable bonds is 5. The second-order valence-corrected chi connectivity index (χ2v) is 6.71. The molecule has 24 heavy (non-hydrogen) atoms. The molecule has 134 valence electrons. The van der Waals surface area contributed by atoms with Gasteiger partial charge in [0.15, 0.2) is 11.5 Å². The van der Waals surface area contributed by atoms with Gasteiger partial charge in [-0.25, -0.2) is 0 Å². The molecule has 1 saturated heterocycles. The largest absolute Gasteiger partial charge is 0.454 e. The Hall–Kier alpha value is -1.46. The van der Waals surface area contributed by atoms with Gasteiger partial charge < -0.3 is 19.7 Å². The zero-order chi connectivity index (χ0) is 16.2. The van der Waals surface area contributed by atoms with Gasteiger partial charge in [0.1, 0.15) is 0 Å². The lowest BCUT2D eigenvalue weighted by molar-refractivity contribution is -0.131. The number of hydrogen-bond donors (Lipinski definition) is 1. The number of fused-ring (bicyclic) bond motifs is 1. The van der Waals surface area contributed by atoms with Crippen molar-refractivity contribution < 1.29 is 14.3 Å². The second kappa shape index (κ2) is 8.58. The monoisotopic (exact) mass is 354 g/mol. The fourth-order valence-electron chi connectivity index (χ4n) is 3.41. The minimum atomic E-state index is 0. The zero-order valence-electron chi connectivity index (χ0n) is 14.4. The first-order valence-electron chi connectivity index (χ1n) is 8.46. The van der Waals surface area contributed by atoms with E-state index in [4.69, 9.17) is 9.47 Å². The third-order valence-corrected chi connectivity index (χ3v) is 4.97. The van der Waals surface area contributed by atoms with Crippen molar-refractivity contribution in [1.82, 2.24) is 10.2 Å². The highest BCUT2D eigenvalue weighted by Crippen LogP contribution is 2.33. The average Bonchev–Trinajstić information content (AvgIpc) is 3.03. The number of hydrogen-bond acceptors (Lipinski definition) is 4. The molecule has 1 aromatic carbocycles. The topological polar surface area (TPSA) is 50.8 Å². The molecular formula is C18H27ClN2O3. The Morgan fingerprint density at radius 2 is 2.00 bits per heavy atom. The van der Waals surface area contributed by atoms with Gasteiger partial charge in [-0.05, 0) is 55.5 Å². The predicted molar refractivity (Wildman–Crippen MR) is 95.7 cm³/mol. The molecule has 0 saturated carbocycles. The highest BCUT2D eigenvalue weighted by molar-refractivity contribution is 5.85. The van der Waals surface area contributed by atoms with E-state index in [1.165, 1.54) is 12.8 Å². The second-order valence-electron chi connectivity index (χ2n) is 6.71. The van der Waals surface area contributed by atoms with Gasteiger partial charge in [-0.2, -0.15) is 0 Å². The molecule has 0 aliphatic carbocycles. The number of nitrogens with one attached hydrogen (secondary N) is 1. The number of nitrogens with zero attached hydrogens (tertiary/aromatic N) is 1. The number of ether oxygens (including phenoxy) is 2. The summed E-state index contributed by atoms with van der Waals surface area (Å²) in [4.78, 5) is 14.3. The van der Waals surface area contributed by atoms with E-state index in [2.05, 4.69) is 12.2 Å². The van der Waals surface area contributed by atoms with Gasteiger partial charge in [0.05, 0.1) is 0 Å². The number of halogens is 1. The van der Waals surface area contributed by atoms with Crippen LogP contribution in [0.4, 0.5) is 0 Å². The molecular weight excluding hydrogens is 328 g/mol. The average molecular weight is 355 g/mol. The van der Waals surface area contributed by atoms with Crippen molar-refractivity contribution in [3.63, 3.8) is 0 Å². The maximum Gasteiger partial charge on any atom is 0.231 e. The van der Waals surface area contributed by atoms with E-state index < -0.39 is 0 Å². The lowest BCUT2D eigenvalue weighted by Gasteiger charge is -2.29. The lowest BCUT2D eigenvalue weighted by Crippen LogP contribution is -2.34. The normalized spacial score (nSPS) is 17.9. The van der Waals surface area contributed by atoms with Gasteiger partial charge in [0, 0.05) is 20.0 Å². The summed E-state index contributed by atoms with van der Waals surface area (Å²) in [7, 11) is 1.88. The summed E-state index contributed by atoms with van der Waals surface area (Å²) in [6.45, 7) is 5.25. The fourth-order valence-corrected chi connectivity index (χ4v) is 3.41. The fraction of sp³-hybridized carbons (Fsp3) is 0.611. The minimum Gasteiger partial charge on any atom is -0.454 e. The third-order valence-electron chi connectivity index (χ3n) is 4.97. The quantitative estimate of drug-likeness (QED) is 0.883. The number of carbonyl (C=O) groups excluding carboxylic acids is 1. The van der Waals surface area contributed by atoms with Crippen molar-refractivity contribution in [3.05, 3.63) is 23.8 Å². The van der Waals surface area contributed by atoms with Crippen molar-refractivity contribution in [2.24, 2.45) is 11.8 Å². The first kappa shape index (κ1) is 18.9. The summed E-state index contributed by atoms with van der Waals surface area (Å²) in [5, 5.41) is 3.38. The van der Waals surface area contributed by atoms with Gasteiger partial charge in [-0.1, -0.05) is 13.0 Å². The Balaban J connectivity index is 0.00000208. The van der Waals surface area contributed by atoms with Crippen molar-refractivity contribution in [3.8, 4) is 11.5 Å². The molecule has 3 rings (SSSR count). The number of benzene rings is 1. The smallest absolute Gasteiger partial charge is 0.231 e. The van der Waals surface area contributed by atoms with Crippen LogP contribution in [0.15, 0.2) is 18.2 Å². The Labute approximate surface area is 150 Å². The lowest BCUT2D eigenvalue weighted by atomic mass is 9.84. The molecule has 2 heterocycles. The van der Waals surface area contributed by atoms with Gasteiger partial charge in [-0.15, -0.1) is 12.4 Å². The highest BCUT2D eigenvalue weighted by Gasteiger charge is 2.23. The molecule has 1 fully saturated rings. The molecule has 1 unspecified atom stereocenters. The molecule has 0 bridgehead atoms. The summed E-state index contributed by atoms with van der Waals surface area (Å²) in [6, 6.07) is 5.86. The van der Waals surface area contributed by atoms with Crippen LogP contribution in [0.1, 0.15) is 31.7 Å². The van der Waals surface area contributed by atoms with E-state index in [-0.39, 0.29) is 25.1 Å². The van der Waals surface area contributed by atoms with Crippen LogP contribution in [0.2, 0.25) is 0 Å². The maximum absolute atomic E-state index is 12.5. The molecule has 0 radical (unpaired) electrons. The van der Waals surface area contributed by atoms with Crippen LogP contribution in [0.5, 0.6) is 11.5 Å². The first-order chi connectivity index (χ1) is 11.1. The van der Waals surface area contributed by atoms with Gasteiger partial charge in [0.25, 0.3) is 0 Å². The van der Waals surface area contributed by atoms with E-state index >= 15 is 0 Å². The standard InChI is InChI=1S/C18H26N2O3.ClH/c1-13(15-5-7-19-8-6-15)9-18(21)20(2)11-14-3-4-16-17(10-14)23-12-22-16;/h3-4,10,13,15,19H,5-9,11-12H2,1-2H3;1H. The number of piperidine rings is 1. The Morgan fingerprint density at radius 1 is 1.29 bits per heavy atom. The summed E-state index contributed by atoms with van der Waals surface area (Å²) in [5.41, 5.74) is 1.07. The van der Waals surface area contributed by atoms with E-state index in [0.29, 0.717) is 24.8 Å². The van der Waals surface area contributed by atoms with Crippen LogP contribution in [-0.4, -0.2) is 37.7 Å². The predicted octanol–water partition coefficient (Wildman–Crippen LogP) is 2.82. The Morgan fingerprint density at radius 3 is 2.75 bits per heavy atom. The van der Waals surface area contributed by atoms with Crippen LogP contribution in [0.3, 0.4) is 0 Å². The van der Waals surface area contributed by atoms with Crippen molar-refractivity contribution in [1.29, 1.82) is 0 Å². The number of amides is 1. The highest BCUT2D eigenvalue weighted by atomic mass is 35.5. The maximum atomic E-state index is 12.5. The van der Waals surface area contributed by atoms with Crippen LogP contribution >= 0.6 is 12.4 Å². The molecule has 0 aromatic heterocycles. The zero-order valence-corrected chi connectivity index (χ0v) is 15.2. The van der Waals surface area contributed by atoms with Crippen molar-refractivity contribution >= 4 is 18.3 Å². The van der Waals surface area contributed by atoms with E-state index in [1.807, 2.05) is 30.1 Å². The van der Waals surface area contributed by atoms with Crippen LogP contribution in [0.25, 0.3) is 0 Å². The van der Waals surface area contributed by atoms with Gasteiger partial charge in [-0.3, -0.25) is 4.79 Å². The first-order valence-corrected chi connectivity index (χ1v) is 8.46. The SMILES string of the molecule is CC(CC(=O)N(C)Cc1ccc2c(c1)OCO2)C1CCNCC1.Cl. The Kier molecular flexibility index (Phi) is 6.75.